The van der Waals surface area contributed by atoms with E-state index in [9.17, 15) is 9.59 Å². The fourth-order valence-corrected chi connectivity index (χ4v) is 1.02. The first-order valence-corrected chi connectivity index (χ1v) is 4.62. The van der Waals surface area contributed by atoms with Gasteiger partial charge in [-0.1, -0.05) is 18.2 Å². The molecule has 0 bridgehead atoms. The van der Waals surface area contributed by atoms with E-state index in [4.69, 9.17) is 4.74 Å². The van der Waals surface area contributed by atoms with E-state index in [2.05, 4.69) is 4.99 Å². The molecule has 0 aliphatic heterocycles. The lowest BCUT2D eigenvalue weighted by Gasteiger charge is -2.02. The number of carbonyl (C=O) groups excluding carboxylic acids is 2. The largest absolute Gasteiger partial charge is 0.427 e. The number of ether oxygens (including phenoxy) is 1. The standard InChI is InChI=1S/C11H11NO3/c13-9-12-8-4-7-11(14)15-10-5-2-1-3-6-10/h1-3,5-6H,4,7-8H2. The van der Waals surface area contributed by atoms with Gasteiger partial charge in [0.05, 0.1) is 6.54 Å². The van der Waals surface area contributed by atoms with Crippen molar-refractivity contribution in [2.24, 2.45) is 4.99 Å². The highest BCUT2D eigenvalue weighted by Crippen LogP contribution is 2.09. The molecule has 0 atom stereocenters. The van der Waals surface area contributed by atoms with Crippen LogP contribution in [0.1, 0.15) is 12.8 Å². The predicted molar refractivity (Wildman–Crippen MR) is 54.3 cm³/mol. The van der Waals surface area contributed by atoms with Crippen molar-refractivity contribution in [1.82, 2.24) is 0 Å². The Balaban J connectivity index is 2.27. The SMILES string of the molecule is O=C=NCCCC(=O)Oc1ccccc1. The first-order valence-electron chi connectivity index (χ1n) is 4.62. The van der Waals surface area contributed by atoms with Crippen LogP contribution in [0.15, 0.2) is 35.3 Å². The molecule has 0 fully saturated rings. The Morgan fingerprint density at radius 2 is 2.07 bits per heavy atom. The summed E-state index contributed by atoms with van der Waals surface area (Å²) in [6.45, 7) is 0.313. The number of aliphatic imine (C=N–C) groups is 1. The summed E-state index contributed by atoms with van der Waals surface area (Å²) in [4.78, 5) is 24.3. The molecular weight excluding hydrogens is 194 g/mol. The van der Waals surface area contributed by atoms with Gasteiger partial charge in [-0.05, 0) is 18.6 Å². The summed E-state index contributed by atoms with van der Waals surface area (Å²) in [5.74, 6) is 0.212. The fraction of sp³-hybridized carbons (Fsp3) is 0.273. The molecule has 0 spiro atoms. The van der Waals surface area contributed by atoms with Crippen molar-refractivity contribution in [2.75, 3.05) is 6.54 Å². The minimum atomic E-state index is -0.317. The fourth-order valence-electron chi connectivity index (χ4n) is 1.02. The van der Waals surface area contributed by atoms with E-state index in [1.807, 2.05) is 6.07 Å². The molecule has 78 valence electrons. The molecule has 15 heavy (non-hydrogen) atoms. The molecule has 0 heterocycles. The number of nitrogens with zero attached hydrogens (tertiary/aromatic N) is 1. The highest BCUT2D eigenvalue weighted by molar-refractivity contribution is 5.72. The molecule has 0 saturated carbocycles. The molecule has 0 aromatic heterocycles. The molecular formula is C11H11NO3. The topological polar surface area (TPSA) is 55.7 Å². The van der Waals surface area contributed by atoms with Gasteiger partial charge in [-0.25, -0.2) is 9.79 Å². The molecule has 4 nitrogen and oxygen atoms in total. The number of carbonyl (C=O) groups is 1. The summed E-state index contributed by atoms with van der Waals surface area (Å²) < 4.78 is 5.02. The average Bonchev–Trinajstić information content (AvgIpc) is 2.26. The molecule has 1 rings (SSSR count). The van der Waals surface area contributed by atoms with Crippen molar-refractivity contribution in [3.63, 3.8) is 0 Å². The molecule has 4 heteroatoms. The Hall–Kier alpha value is -1.93. The minimum Gasteiger partial charge on any atom is -0.427 e. The molecule has 0 radical (unpaired) electrons. The van der Waals surface area contributed by atoms with E-state index in [0.29, 0.717) is 18.7 Å². The number of para-hydroxylation sites is 1. The lowest BCUT2D eigenvalue weighted by molar-refractivity contribution is -0.134. The predicted octanol–water partition coefficient (Wildman–Crippen LogP) is 1.71. The number of isocyanates is 1. The Bertz CT molecular complexity index is 355. The molecule has 0 amide bonds. The molecule has 0 N–H and O–H groups in total. The van der Waals surface area contributed by atoms with Crippen LogP contribution in [-0.4, -0.2) is 18.6 Å². The molecule has 1 aromatic rings. The van der Waals surface area contributed by atoms with Crippen LogP contribution in [0.4, 0.5) is 0 Å². The molecule has 0 unspecified atom stereocenters. The number of benzene rings is 1. The Morgan fingerprint density at radius 1 is 1.33 bits per heavy atom. The summed E-state index contributed by atoms with van der Waals surface area (Å²) in [7, 11) is 0. The third-order valence-electron chi connectivity index (χ3n) is 1.69. The first-order chi connectivity index (χ1) is 7.33. The van der Waals surface area contributed by atoms with Crippen molar-refractivity contribution in [3.8, 4) is 5.75 Å². The molecule has 1 aromatic carbocycles. The van der Waals surface area contributed by atoms with Crippen molar-refractivity contribution >= 4 is 12.0 Å². The van der Waals surface area contributed by atoms with Gasteiger partial charge in [0.25, 0.3) is 0 Å². The highest BCUT2D eigenvalue weighted by Gasteiger charge is 2.03. The van der Waals surface area contributed by atoms with Crippen LogP contribution in [0, 0.1) is 0 Å². The van der Waals surface area contributed by atoms with Crippen LogP contribution in [0.3, 0.4) is 0 Å². The van der Waals surface area contributed by atoms with Gasteiger partial charge in [-0.15, -0.1) is 0 Å². The maximum atomic E-state index is 11.2. The van der Waals surface area contributed by atoms with E-state index in [1.54, 1.807) is 24.3 Å². The van der Waals surface area contributed by atoms with E-state index in [1.165, 1.54) is 6.08 Å². The summed E-state index contributed by atoms with van der Waals surface area (Å²) in [5.41, 5.74) is 0. The Kier molecular flexibility index (Phi) is 4.84. The van der Waals surface area contributed by atoms with E-state index in [0.717, 1.165) is 0 Å². The summed E-state index contributed by atoms with van der Waals surface area (Å²) >= 11 is 0. The monoisotopic (exact) mass is 205 g/mol. The number of rotatable bonds is 5. The van der Waals surface area contributed by atoms with Crippen LogP contribution in [0.2, 0.25) is 0 Å². The second kappa shape index (κ2) is 6.51. The van der Waals surface area contributed by atoms with E-state index < -0.39 is 0 Å². The molecule has 0 aliphatic carbocycles. The first kappa shape index (κ1) is 11.1. The summed E-state index contributed by atoms with van der Waals surface area (Å²) in [6, 6.07) is 8.84. The third-order valence-corrected chi connectivity index (χ3v) is 1.69. The summed E-state index contributed by atoms with van der Waals surface area (Å²) in [6.07, 6.45) is 2.16. The van der Waals surface area contributed by atoms with Crippen molar-refractivity contribution in [3.05, 3.63) is 30.3 Å². The zero-order valence-electron chi connectivity index (χ0n) is 8.18. The van der Waals surface area contributed by atoms with E-state index >= 15 is 0 Å². The minimum absolute atomic E-state index is 0.250. The number of hydrogen-bond donors (Lipinski definition) is 0. The number of esters is 1. The van der Waals surface area contributed by atoms with Crippen LogP contribution < -0.4 is 4.74 Å². The van der Waals surface area contributed by atoms with Gasteiger partial charge in [0, 0.05) is 6.42 Å². The zero-order valence-corrected chi connectivity index (χ0v) is 8.18. The molecule has 0 aliphatic rings. The van der Waals surface area contributed by atoms with Crippen LogP contribution in [-0.2, 0) is 9.59 Å². The Labute approximate surface area is 87.6 Å². The highest BCUT2D eigenvalue weighted by atomic mass is 16.5. The average molecular weight is 205 g/mol. The maximum Gasteiger partial charge on any atom is 0.311 e. The van der Waals surface area contributed by atoms with Crippen molar-refractivity contribution in [2.45, 2.75) is 12.8 Å². The van der Waals surface area contributed by atoms with Gasteiger partial charge < -0.3 is 4.74 Å². The zero-order chi connectivity index (χ0) is 10.9. The smallest absolute Gasteiger partial charge is 0.311 e. The second-order valence-electron chi connectivity index (χ2n) is 2.86. The quantitative estimate of drug-likeness (QED) is 0.242. The van der Waals surface area contributed by atoms with Gasteiger partial charge in [0.15, 0.2) is 0 Å². The lowest BCUT2D eigenvalue weighted by atomic mass is 10.3. The van der Waals surface area contributed by atoms with Gasteiger partial charge in [0.2, 0.25) is 6.08 Å². The summed E-state index contributed by atoms with van der Waals surface area (Å²) in [5, 5.41) is 0. The third kappa shape index (κ3) is 4.74. The van der Waals surface area contributed by atoms with Gasteiger partial charge in [0.1, 0.15) is 5.75 Å². The normalized spacial score (nSPS) is 9.07. The number of hydrogen-bond acceptors (Lipinski definition) is 4. The van der Waals surface area contributed by atoms with Gasteiger partial charge in [-0.2, -0.15) is 0 Å². The van der Waals surface area contributed by atoms with E-state index in [-0.39, 0.29) is 12.4 Å². The van der Waals surface area contributed by atoms with Gasteiger partial charge >= 0.3 is 5.97 Å². The Morgan fingerprint density at radius 3 is 2.73 bits per heavy atom. The molecule has 0 saturated heterocycles. The lowest BCUT2D eigenvalue weighted by Crippen LogP contribution is -2.07. The van der Waals surface area contributed by atoms with Gasteiger partial charge in [-0.3, -0.25) is 4.79 Å². The van der Waals surface area contributed by atoms with Crippen LogP contribution in [0.25, 0.3) is 0 Å². The second-order valence-corrected chi connectivity index (χ2v) is 2.86. The maximum absolute atomic E-state index is 11.2. The van der Waals surface area contributed by atoms with Crippen LogP contribution in [0.5, 0.6) is 5.75 Å². The van der Waals surface area contributed by atoms with Crippen molar-refractivity contribution in [1.29, 1.82) is 0 Å². The van der Waals surface area contributed by atoms with Crippen LogP contribution >= 0.6 is 0 Å². The van der Waals surface area contributed by atoms with Crippen molar-refractivity contribution < 1.29 is 14.3 Å².